The fraction of sp³-hybridized carbons (Fsp3) is 0.417. The van der Waals surface area contributed by atoms with Gasteiger partial charge in [-0.15, -0.1) is 0 Å². The zero-order valence-electron chi connectivity index (χ0n) is 9.37. The minimum atomic E-state index is -0.877. The Kier molecular flexibility index (Phi) is 3.15. The summed E-state index contributed by atoms with van der Waals surface area (Å²) in [6.45, 7) is 5.76. The van der Waals surface area contributed by atoms with Gasteiger partial charge >= 0.3 is 5.97 Å². The van der Waals surface area contributed by atoms with E-state index < -0.39 is 11.5 Å². The maximum Gasteiger partial charge on any atom is 0.305 e. The Morgan fingerprint density at radius 1 is 1.40 bits per heavy atom. The van der Waals surface area contributed by atoms with Gasteiger partial charge in [-0.1, -0.05) is 18.2 Å². The molecular formula is C12H17NO2. The molecule has 0 saturated heterocycles. The first kappa shape index (κ1) is 11.7. The van der Waals surface area contributed by atoms with Crippen LogP contribution in [0.4, 0.5) is 0 Å². The predicted molar refractivity (Wildman–Crippen MR) is 59.7 cm³/mol. The highest BCUT2D eigenvalue weighted by Gasteiger charge is 2.24. The standard InChI is InChI=1S/C12H17NO2/c1-8-4-5-10(6-9(8)2)12(3,13)7-11(14)15/h4-6H,7,13H2,1-3H3,(H,14,15). The van der Waals surface area contributed by atoms with Gasteiger partial charge in [0.15, 0.2) is 0 Å². The zero-order chi connectivity index (χ0) is 11.6. The van der Waals surface area contributed by atoms with Crippen LogP contribution in [0.1, 0.15) is 30.0 Å². The summed E-state index contributed by atoms with van der Waals surface area (Å²) >= 11 is 0. The van der Waals surface area contributed by atoms with Gasteiger partial charge in [-0.05, 0) is 37.5 Å². The summed E-state index contributed by atoms with van der Waals surface area (Å²) in [5.41, 5.74) is 8.36. The van der Waals surface area contributed by atoms with E-state index >= 15 is 0 Å². The first-order valence-electron chi connectivity index (χ1n) is 4.91. The lowest BCUT2D eigenvalue weighted by molar-refractivity contribution is -0.138. The van der Waals surface area contributed by atoms with Gasteiger partial charge < -0.3 is 10.8 Å². The summed E-state index contributed by atoms with van der Waals surface area (Å²) in [7, 11) is 0. The average molecular weight is 207 g/mol. The maximum absolute atomic E-state index is 10.7. The number of aliphatic carboxylic acids is 1. The zero-order valence-corrected chi connectivity index (χ0v) is 9.37. The lowest BCUT2D eigenvalue weighted by Gasteiger charge is -2.23. The number of carbonyl (C=O) groups is 1. The van der Waals surface area contributed by atoms with Crippen LogP contribution in [0.25, 0.3) is 0 Å². The Balaban J connectivity index is 3.04. The summed E-state index contributed by atoms with van der Waals surface area (Å²) in [5.74, 6) is -0.877. The van der Waals surface area contributed by atoms with Crippen LogP contribution in [0.3, 0.4) is 0 Å². The molecule has 0 aliphatic heterocycles. The molecule has 1 unspecified atom stereocenters. The average Bonchev–Trinajstić information content (AvgIpc) is 2.07. The van der Waals surface area contributed by atoms with E-state index in [-0.39, 0.29) is 6.42 Å². The summed E-state index contributed by atoms with van der Waals surface area (Å²) in [4.78, 5) is 10.7. The van der Waals surface area contributed by atoms with E-state index in [1.807, 2.05) is 32.0 Å². The molecule has 0 spiro atoms. The van der Waals surface area contributed by atoms with Crippen LogP contribution >= 0.6 is 0 Å². The van der Waals surface area contributed by atoms with E-state index in [9.17, 15) is 4.79 Å². The van der Waals surface area contributed by atoms with Crippen molar-refractivity contribution in [3.8, 4) is 0 Å². The molecule has 1 atom stereocenters. The van der Waals surface area contributed by atoms with Gasteiger partial charge in [0, 0.05) is 5.54 Å². The molecule has 0 aromatic heterocycles. The number of carboxylic acids is 1. The Morgan fingerprint density at radius 2 is 2.00 bits per heavy atom. The predicted octanol–water partition coefficient (Wildman–Crippen LogP) is 1.95. The third kappa shape index (κ3) is 2.80. The second kappa shape index (κ2) is 4.03. The van der Waals surface area contributed by atoms with Crippen molar-refractivity contribution in [1.29, 1.82) is 0 Å². The molecule has 1 aromatic carbocycles. The molecule has 0 radical (unpaired) electrons. The smallest absolute Gasteiger partial charge is 0.305 e. The fourth-order valence-electron chi connectivity index (χ4n) is 1.51. The third-order valence-electron chi connectivity index (χ3n) is 2.68. The minimum absolute atomic E-state index is 0.0600. The lowest BCUT2D eigenvalue weighted by Crippen LogP contribution is -2.35. The second-order valence-electron chi connectivity index (χ2n) is 4.29. The van der Waals surface area contributed by atoms with Crippen LogP contribution in [0.15, 0.2) is 18.2 Å². The minimum Gasteiger partial charge on any atom is -0.481 e. The molecule has 0 saturated carbocycles. The van der Waals surface area contributed by atoms with Crippen LogP contribution in [0, 0.1) is 13.8 Å². The van der Waals surface area contributed by atoms with Crippen molar-refractivity contribution in [3.05, 3.63) is 34.9 Å². The van der Waals surface area contributed by atoms with E-state index in [1.54, 1.807) is 6.92 Å². The van der Waals surface area contributed by atoms with Gasteiger partial charge in [-0.25, -0.2) is 0 Å². The molecule has 3 N–H and O–H groups in total. The summed E-state index contributed by atoms with van der Waals surface area (Å²) in [5, 5.41) is 8.75. The van der Waals surface area contributed by atoms with E-state index in [4.69, 9.17) is 10.8 Å². The molecule has 0 aliphatic carbocycles. The highest BCUT2D eigenvalue weighted by molar-refractivity contribution is 5.68. The SMILES string of the molecule is Cc1ccc(C(C)(N)CC(=O)O)cc1C. The molecule has 15 heavy (non-hydrogen) atoms. The highest BCUT2D eigenvalue weighted by atomic mass is 16.4. The maximum atomic E-state index is 10.7. The molecule has 0 fully saturated rings. The molecular weight excluding hydrogens is 190 g/mol. The Bertz CT molecular complexity index is 383. The number of hydrogen-bond acceptors (Lipinski definition) is 2. The molecule has 3 nitrogen and oxygen atoms in total. The normalized spacial score (nSPS) is 14.7. The second-order valence-corrected chi connectivity index (χ2v) is 4.29. The molecule has 0 bridgehead atoms. The third-order valence-corrected chi connectivity index (χ3v) is 2.68. The van der Waals surface area contributed by atoms with E-state index in [0.29, 0.717) is 0 Å². The Hall–Kier alpha value is -1.35. The highest BCUT2D eigenvalue weighted by Crippen LogP contribution is 2.23. The summed E-state index contributed by atoms with van der Waals surface area (Å²) < 4.78 is 0. The van der Waals surface area contributed by atoms with Crippen molar-refractivity contribution in [3.63, 3.8) is 0 Å². The van der Waals surface area contributed by atoms with Crippen LogP contribution in [0.5, 0.6) is 0 Å². The quantitative estimate of drug-likeness (QED) is 0.796. The van der Waals surface area contributed by atoms with Crippen LogP contribution in [0.2, 0.25) is 0 Å². The molecule has 0 amide bonds. The van der Waals surface area contributed by atoms with Crippen molar-refractivity contribution >= 4 is 5.97 Å². The van der Waals surface area contributed by atoms with E-state index in [0.717, 1.165) is 11.1 Å². The molecule has 3 heteroatoms. The Morgan fingerprint density at radius 3 is 2.47 bits per heavy atom. The summed E-state index contributed by atoms with van der Waals surface area (Å²) in [6.07, 6.45) is -0.0600. The summed E-state index contributed by atoms with van der Waals surface area (Å²) in [6, 6.07) is 5.82. The molecule has 82 valence electrons. The van der Waals surface area contributed by atoms with Crippen LogP contribution in [-0.2, 0) is 10.3 Å². The van der Waals surface area contributed by atoms with E-state index in [1.165, 1.54) is 5.56 Å². The number of carboxylic acid groups (broad SMARTS) is 1. The first-order chi connectivity index (χ1) is 6.83. The van der Waals surface area contributed by atoms with Crippen molar-refractivity contribution < 1.29 is 9.90 Å². The van der Waals surface area contributed by atoms with Gasteiger partial charge in [0.1, 0.15) is 0 Å². The topological polar surface area (TPSA) is 63.3 Å². The monoisotopic (exact) mass is 207 g/mol. The molecule has 0 heterocycles. The van der Waals surface area contributed by atoms with Crippen molar-refractivity contribution in [2.24, 2.45) is 5.73 Å². The van der Waals surface area contributed by atoms with Gasteiger partial charge in [0.05, 0.1) is 6.42 Å². The number of hydrogen-bond donors (Lipinski definition) is 2. The molecule has 1 aromatic rings. The number of nitrogens with two attached hydrogens (primary N) is 1. The van der Waals surface area contributed by atoms with Crippen LogP contribution < -0.4 is 5.73 Å². The van der Waals surface area contributed by atoms with Crippen molar-refractivity contribution in [2.45, 2.75) is 32.7 Å². The van der Waals surface area contributed by atoms with Crippen molar-refractivity contribution in [1.82, 2.24) is 0 Å². The van der Waals surface area contributed by atoms with Gasteiger partial charge in [0.25, 0.3) is 0 Å². The molecule has 0 aliphatic rings. The van der Waals surface area contributed by atoms with Gasteiger partial charge in [-0.3, -0.25) is 4.79 Å². The first-order valence-corrected chi connectivity index (χ1v) is 4.91. The van der Waals surface area contributed by atoms with E-state index in [2.05, 4.69) is 0 Å². The fourth-order valence-corrected chi connectivity index (χ4v) is 1.51. The number of aryl methyl sites for hydroxylation is 2. The number of rotatable bonds is 3. The Labute approximate surface area is 89.9 Å². The van der Waals surface area contributed by atoms with Gasteiger partial charge in [0.2, 0.25) is 0 Å². The molecule has 1 rings (SSSR count). The lowest BCUT2D eigenvalue weighted by atomic mass is 9.88. The largest absolute Gasteiger partial charge is 0.481 e. The van der Waals surface area contributed by atoms with Crippen molar-refractivity contribution in [2.75, 3.05) is 0 Å². The van der Waals surface area contributed by atoms with Crippen LogP contribution in [-0.4, -0.2) is 11.1 Å². The number of benzene rings is 1. The van der Waals surface area contributed by atoms with Gasteiger partial charge in [-0.2, -0.15) is 0 Å².